The average Bonchev–Trinajstić information content (AvgIpc) is 2.95. The minimum Gasteiger partial charge on any atom is -0.240 e. The van der Waals surface area contributed by atoms with Crippen molar-refractivity contribution in [2.75, 3.05) is 0 Å². The molecule has 0 aliphatic heterocycles. The molecular formula is C18H16FNO2S2. The summed E-state index contributed by atoms with van der Waals surface area (Å²) in [6.07, 6.45) is 0. The average molecular weight is 361 g/mol. The van der Waals surface area contributed by atoms with Crippen LogP contribution in [0, 0.1) is 12.7 Å². The summed E-state index contributed by atoms with van der Waals surface area (Å²) in [5, 5.41) is 2.43. The third kappa shape index (κ3) is 4.27. The first-order valence-electron chi connectivity index (χ1n) is 7.38. The molecule has 0 bridgehead atoms. The third-order valence-corrected chi connectivity index (χ3v) is 5.93. The third-order valence-electron chi connectivity index (χ3n) is 3.48. The van der Waals surface area contributed by atoms with Gasteiger partial charge in [0.05, 0.1) is 17.2 Å². The quantitative estimate of drug-likeness (QED) is 0.678. The van der Waals surface area contributed by atoms with Crippen LogP contribution in [0.5, 0.6) is 0 Å². The normalized spacial score (nSPS) is 11.6. The van der Waals surface area contributed by atoms with E-state index in [2.05, 4.69) is 4.98 Å². The second-order valence-electron chi connectivity index (χ2n) is 5.67. The fraction of sp³-hybridized carbons (Fsp3) is 0.167. The summed E-state index contributed by atoms with van der Waals surface area (Å²) in [5.74, 6) is -0.409. The largest absolute Gasteiger partial charge is 0.240 e. The highest BCUT2D eigenvalue weighted by atomic mass is 32.2. The molecule has 0 atom stereocenters. The molecule has 0 unspecified atom stereocenters. The Bertz CT molecular complexity index is 947. The number of sulfone groups is 1. The van der Waals surface area contributed by atoms with Gasteiger partial charge in [-0.2, -0.15) is 0 Å². The number of aromatic nitrogens is 1. The summed E-state index contributed by atoms with van der Waals surface area (Å²) >= 11 is 1.36. The van der Waals surface area contributed by atoms with Crippen LogP contribution < -0.4 is 0 Å². The molecule has 0 spiro atoms. The fourth-order valence-corrected chi connectivity index (χ4v) is 4.75. The molecule has 6 heteroatoms. The number of benzene rings is 2. The van der Waals surface area contributed by atoms with Gasteiger partial charge in [-0.1, -0.05) is 29.8 Å². The summed E-state index contributed by atoms with van der Waals surface area (Å²) in [5.41, 5.74) is 3.12. The van der Waals surface area contributed by atoms with Crippen LogP contribution in [0.15, 0.2) is 53.9 Å². The summed E-state index contributed by atoms with van der Waals surface area (Å²) < 4.78 is 37.7. The number of hydrogen-bond donors (Lipinski definition) is 0. The first-order chi connectivity index (χ1) is 11.4. The van der Waals surface area contributed by atoms with Gasteiger partial charge in [0.2, 0.25) is 0 Å². The second-order valence-corrected chi connectivity index (χ2v) is 8.59. The lowest BCUT2D eigenvalue weighted by Gasteiger charge is -2.04. The van der Waals surface area contributed by atoms with E-state index in [1.807, 2.05) is 31.2 Å². The van der Waals surface area contributed by atoms with Crippen LogP contribution in [-0.4, -0.2) is 13.4 Å². The van der Waals surface area contributed by atoms with E-state index < -0.39 is 9.84 Å². The van der Waals surface area contributed by atoms with Gasteiger partial charge in [-0.05, 0) is 36.8 Å². The number of rotatable bonds is 5. The van der Waals surface area contributed by atoms with Crippen LogP contribution in [-0.2, 0) is 21.3 Å². The molecule has 0 saturated carbocycles. The van der Waals surface area contributed by atoms with Crippen molar-refractivity contribution in [3.05, 3.63) is 76.5 Å². The van der Waals surface area contributed by atoms with Crippen molar-refractivity contribution in [2.24, 2.45) is 0 Å². The van der Waals surface area contributed by atoms with E-state index in [-0.39, 0.29) is 17.3 Å². The van der Waals surface area contributed by atoms with Crippen molar-refractivity contribution in [3.63, 3.8) is 0 Å². The Morgan fingerprint density at radius 2 is 1.83 bits per heavy atom. The molecule has 1 heterocycles. The summed E-state index contributed by atoms with van der Waals surface area (Å²) in [7, 11) is -3.30. The first-order valence-corrected chi connectivity index (χ1v) is 10.1. The zero-order valence-electron chi connectivity index (χ0n) is 13.1. The topological polar surface area (TPSA) is 47.0 Å². The molecule has 3 aromatic rings. The maximum Gasteiger partial charge on any atom is 0.160 e. The maximum atomic E-state index is 13.0. The molecule has 3 nitrogen and oxygen atoms in total. The fourth-order valence-electron chi connectivity index (χ4n) is 2.43. The highest BCUT2D eigenvalue weighted by Gasteiger charge is 2.16. The lowest BCUT2D eigenvalue weighted by Crippen LogP contribution is -2.08. The minimum absolute atomic E-state index is 0.00190. The number of halogens is 1. The van der Waals surface area contributed by atoms with E-state index in [4.69, 9.17) is 0 Å². The van der Waals surface area contributed by atoms with E-state index in [9.17, 15) is 12.8 Å². The predicted molar refractivity (Wildman–Crippen MR) is 95.0 cm³/mol. The van der Waals surface area contributed by atoms with Gasteiger partial charge in [0.1, 0.15) is 10.8 Å². The van der Waals surface area contributed by atoms with E-state index in [0.29, 0.717) is 10.7 Å². The van der Waals surface area contributed by atoms with Gasteiger partial charge in [-0.25, -0.2) is 17.8 Å². The lowest BCUT2D eigenvalue weighted by atomic mass is 10.2. The lowest BCUT2D eigenvalue weighted by molar-refractivity contribution is 0.594. The number of hydrogen-bond acceptors (Lipinski definition) is 4. The standard InChI is InChI=1S/C18H16FNO2S2/c1-13-3-2-4-14(9-13)11-24(21,22)12-17-10-23-18(20-17)15-5-7-16(19)8-6-15/h2-10H,11-12H2,1H3. The molecule has 0 aliphatic rings. The molecule has 1 aromatic heterocycles. The van der Waals surface area contributed by atoms with Gasteiger partial charge in [0, 0.05) is 10.9 Å². The monoisotopic (exact) mass is 361 g/mol. The highest BCUT2D eigenvalue weighted by molar-refractivity contribution is 7.89. The van der Waals surface area contributed by atoms with E-state index in [0.717, 1.165) is 16.7 Å². The second kappa shape index (κ2) is 6.83. The molecule has 0 fully saturated rings. The molecule has 0 saturated heterocycles. The Morgan fingerprint density at radius 3 is 2.54 bits per heavy atom. The van der Waals surface area contributed by atoms with Crippen molar-refractivity contribution in [3.8, 4) is 10.6 Å². The van der Waals surface area contributed by atoms with Crippen LogP contribution in [0.25, 0.3) is 10.6 Å². The van der Waals surface area contributed by atoms with E-state index >= 15 is 0 Å². The van der Waals surface area contributed by atoms with Crippen LogP contribution in [0.1, 0.15) is 16.8 Å². The molecule has 0 aliphatic carbocycles. The van der Waals surface area contributed by atoms with Gasteiger partial charge < -0.3 is 0 Å². The Labute approximate surface area is 144 Å². The Morgan fingerprint density at radius 1 is 1.08 bits per heavy atom. The zero-order valence-corrected chi connectivity index (χ0v) is 14.7. The summed E-state index contributed by atoms with van der Waals surface area (Å²) in [6.45, 7) is 1.94. The van der Waals surface area contributed by atoms with Crippen molar-refractivity contribution < 1.29 is 12.8 Å². The van der Waals surface area contributed by atoms with Gasteiger partial charge in [0.25, 0.3) is 0 Å². The van der Waals surface area contributed by atoms with Crippen molar-refractivity contribution in [1.82, 2.24) is 4.98 Å². The zero-order chi connectivity index (χ0) is 17.2. The number of aryl methyl sites for hydroxylation is 1. The number of thiazole rings is 1. The maximum absolute atomic E-state index is 13.0. The number of nitrogens with zero attached hydrogens (tertiary/aromatic N) is 1. The van der Waals surface area contributed by atoms with Crippen LogP contribution in [0.2, 0.25) is 0 Å². The smallest absolute Gasteiger partial charge is 0.160 e. The van der Waals surface area contributed by atoms with E-state index in [1.54, 1.807) is 17.5 Å². The molecule has 24 heavy (non-hydrogen) atoms. The molecule has 124 valence electrons. The Hall–Kier alpha value is -2.05. The molecular weight excluding hydrogens is 345 g/mol. The Balaban J connectivity index is 1.75. The van der Waals surface area contributed by atoms with Crippen molar-refractivity contribution >= 4 is 21.2 Å². The van der Waals surface area contributed by atoms with Crippen molar-refractivity contribution in [1.29, 1.82) is 0 Å². The summed E-state index contributed by atoms with van der Waals surface area (Å²) in [6, 6.07) is 13.5. The molecule has 2 aromatic carbocycles. The van der Waals surface area contributed by atoms with Gasteiger partial charge in [-0.15, -0.1) is 11.3 Å². The van der Waals surface area contributed by atoms with Crippen LogP contribution in [0.4, 0.5) is 4.39 Å². The summed E-state index contributed by atoms with van der Waals surface area (Å²) in [4.78, 5) is 4.37. The first kappa shape index (κ1) is 16.8. The highest BCUT2D eigenvalue weighted by Crippen LogP contribution is 2.25. The SMILES string of the molecule is Cc1cccc(CS(=O)(=O)Cc2csc(-c3ccc(F)cc3)n2)c1. The van der Waals surface area contributed by atoms with E-state index in [1.165, 1.54) is 23.5 Å². The van der Waals surface area contributed by atoms with Gasteiger partial charge in [-0.3, -0.25) is 0 Å². The molecule has 0 radical (unpaired) electrons. The van der Waals surface area contributed by atoms with Crippen molar-refractivity contribution in [2.45, 2.75) is 18.4 Å². The predicted octanol–water partition coefficient (Wildman–Crippen LogP) is 4.37. The van der Waals surface area contributed by atoms with Gasteiger partial charge >= 0.3 is 0 Å². The molecule has 0 amide bonds. The molecule has 3 rings (SSSR count). The van der Waals surface area contributed by atoms with Gasteiger partial charge in [0.15, 0.2) is 9.84 Å². The minimum atomic E-state index is -3.30. The van der Waals surface area contributed by atoms with Crippen LogP contribution in [0.3, 0.4) is 0 Å². The van der Waals surface area contributed by atoms with Crippen LogP contribution >= 0.6 is 11.3 Å². The molecule has 0 N–H and O–H groups in total. The Kier molecular flexibility index (Phi) is 4.78.